The number of benzene rings is 3. The van der Waals surface area contributed by atoms with Gasteiger partial charge in [0.2, 0.25) is 0 Å². The molecule has 292 valence electrons. The molecule has 7 nitrogen and oxygen atoms in total. The summed E-state index contributed by atoms with van der Waals surface area (Å²) in [6.45, 7) is 10.6. The lowest BCUT2D eigenvalue weighted by Crippen LogP contribution is -2.39. The number of nitrogens with one attached hydrogen (secondary N) is 2. The molecule has 1 aliphatic heterocycles. The number of hydrogen-bond acceptors (Lipinski definition) is 7. The van der Waals surface area contributed by atoms with Crippen LogP contribution in [-0.4, -0.2) is 65.3 Å². The van der Waals surface area contributed by atoms with Crippen LogP contribution in [0.2, 0.25) is 5.02 Å². The molecule has 3 heterocycles. The quantitative estimate of drug-likeness (QED) is 0.0910. The molecular formula is C40H46ClF6N5O2. The first-order valence-corrected chi connectivity index (χ1v) is 18.6. The number of aliphatic hydroxyl groups excluding tert-OH is 1. The van der Waals surface area contributed by atoms with Gasteiger partial charge < -0.3 is 25.4 Å². The number of pyridine rings is 2. The maximum absolute atomic E-state index is 13.2. The van der Waals surface area contributed by atoms with E-state index in [1.807, 2.05) is 24.3 Å². The summed E-state index contributed by atoms with van der Waals surface area (Å²) >= 11 is 6.22. The standard InChI is InChI=1S/C23H30ClN3O.C17H16F6N2O/c1-5-27(6-2)13-7-8-16(3)25-23-19-11-9-17(24)14-22(19)26-21-12-10-18(28-4)15-20(21)23;18-16(19,20)11-5-3-4-9-10(15(26)12-6-1-2-7-24-12)8-13(17(21,22)23)25-14(9)11/h9-12,14-16H,5-8,13H2,1-4H3,(H,25,26);3-5,8,12,15,24,26H,1-2,6-7H2/t;12-,15+/m.1/s1. The summed E-state index contributed by atoms with van der Waals surface area (Å²) in [5.74, 6) is 0.833. The van der Waals surface area contributed by atoms with Crippen molar-refractivity contribution in [1.82, 2.24) is 20.2 Å². The first-order chi connectivity index (χ1) is 25.6. The van der Waals surface area contributed by atoms with Crippen molar-refractivity contribution < 1.29 is 36.2 Å². The van der Waals surface area contributed by atoms with Gasteiger partial charge in [0.15, 0.2) is 0 Å². The van der Waals surface area contributed by atoms with Crippen molar-refractivity contribution in [1.29, 1.82) is 0 Å². The Bertz CT molecular complexity index is 2030. The summed E-state index contributed by atoms with van der Waals surface area (Å²) < 4.78 is 84.7. The number of fused-ring (bicyclic) bond motifs is 3. The number of piperidine rings is 1. The van der Waals surface area contributed by atoms with E-state index < -0.39 is 41.3 Å². The van der Waals surface area contributed by atoms with Crippen LogP contribution in [0.4, 0.5) is 32.0 Å². The number of ether oxygens (including phenoxy) is 1. The van der Waals surface area contributed by atoms with Crippen molar-refractivity contribution in [2.75, 3.05) is 38.6 Å². The number of alkyl halides is 6. The second-order valence-electron chi connectivity index (χ2n) is 13.5. The minimum Gasteiger partial charge on any atom is -0.497 e. The van der Waals surface area contributed by atoms with Crippen molar-refractivity contribution in [3.05, 3.63) is 82.5 Å². The molecule has 6 rings (SSSR count). The van der Waals surface area contributed by atoms with E-state index >= 15 is 0 Å². The molecular weight excluding hydrogens is 732 g/mol. The molecule has 0 amide bonds. The lowest BCUT2D eigenvalue weighted by Gasteiger charge is -2.29. The Morgan fingerprint density at radius 1 is 0.926 bits per heavy atom. The molecule has 5 aromatic rings. The first-order valence-electron chi connectivity index (χ1n) is 18.2. The Labute approximate surface area is 316 Å². The number of nitrogens with zero attached hydrogens (tertiary/aromatic N) is 3. The molecule has 1 fully saturated rings. The SMILES string of the molecule is CCN(CC)CCCC(C)Nc1c2ccc(Cl)cc2nc2ccc(OC)cc12.O[C@@H](c1cc(C(F)(F)F)nc2c(C(F)(F)F)cccc12)[C@H]1CCCCN1. The summed E-state index contributed by atoms with van der Waals surface area (Å²) in [6, 6.07) is 15.4. The molecule has 0 aliphatic carbocycles. The van der Waals surface area contributed by atoms with Gasteiger partial charge in [-0.15, -0.1) is 0 Å². The van der Waals surface area contributed by atoms with Gasteiger partial charge >= 0.3 is 12.4 Å². The van der Waals surface area contributed by atoms with Crippen LogP contribution in [0.25, 0.3) is 32.7 Å². The van der Waals surface area contributed by atoms with E-state index in [0.29, 0.717) is 36.2 Å². The molecule has 0 radical (unpaired) electrons. The molecule has 0 bridgehead atoms. The molecule has 1 aliphatic rings. The zero-order valence-corrected chi connectivity index (χ0v) is 31.5. The zero-order chi connectivity index (χ0) is 39.2. The highest BCUT2D eigenvalue weighted by Crippen LogP contribution is 2.40. The molecule has 2 aromatic heterocycles. The van der Waals surface area contributed by atoms with Gasteiger partial charge in [-0.3, -0.25) is 0 Å². The second kappa shape index (κ2) is 17.7. The molecule has 3 atom stereocenters. The Hall–Kier alpha value is -3.91. The molecule has 0 spiro atoms. The Morgan fingerprint density at radius 3 is 2.33 bits per heavy atom. The second-order valence-corrected chi connectivity index (χ2v) is 14.0. The van der Waals surface area contributed by atoms with Crippen molar-refractivity contribution in [2.24, 2.45) is 0 Å². The fourth-order valence-electron chi connectivity index (χ4n) is 6.92. The number of halogens is 7. The molecule has 1 unspecified atom stereocenters. The predicted octanol–water partition coefficient (Wildman–Crippen LogP) is 10.4. The smallest absolute Gasteiger partial charge is 0.433 e. The predicted molar refractivity (Wildman–Crippen MR) is 203 cm³/mol. The monoisotopic (exact) mass is 777 g/mol. The van der Waals surface area contributed by atoms with E-state index in [9.17, 15) is 31.4 Å². The lowest BCUT2D eigenvalue weighted by atomic mass is 9.91. The van der Waals surface area contributed by atoms with Crippen molar-refractivity contribution in [2.45, 2.75) is 83.4 Å². The average Bonchev–Trinajstić information content (AvgIpc) is 3.15. The third kappa shape index (κ3) is 9.84. The Kier molecular flexibility index (Phi) is 13.5. The molecule has 3 aromatic carbocycles. The van der Waals surface area contributed by atoms with Crippen LogP contribution in [0, 0.1) is 0 Å². The third-order valence-corrected chi connectivity index (χ3v) is 10.1. The van der Waals surface area contributed by atoms with Gasteiger partial charge in [-0.1, -0.05) is 44.0 Å². The largest absolute Gasteiger partial charge is 0.497 e. The maximum atomic E-state index is 13.2. The van der Waals surface area contributed by atoms with Gasteiger partial charge in [0.1, 0.15) is 11.4 Å². The van der Waals surface area contributed by atoms with Crippen LogP contribution in [0.3, 0.4) is 0 Å². The number of hydrogen-bond donors (Lipinski definition) is 3. The Balaban J connectivity index is 0.000000208. The maximum Gasteiger partial charge on any atom is 0.433 e. The van der Waals surface area contributed by atoms with Gasteiger partial charge in [-0.05, 0) is 113 Å². The van der Waals surface area contributed by atoms with E-state index in [4.69, 9.17) is 21.3 Å². The summed E-state index contributed by atoms with van der Waals surface area (Å²) in [5, 5.41) is 20.1. The first kappa shape index (κ1) is 41.3. The number of aliphatic hydroxyl groups is 1. The summed E-state index contributed by atoms with van der Waals surface area (Å²) in [7, 11) is 1.69. The number of aromatic nitrogens is 2. The molecule has 14 heteroatoms. The van der Waals surface area contributed by atoms with Gasteiger partial charge in [0, 0.05) is 33.3 Å². The van der Waals surface area contributed by atoms with Crippen LogP contribution in [0.1, 0.15) is 75.8 Å². The van der Waals surface area contributed by atoms with E-state index in [-0.39, 0.29) is 10.9 Å². The van der Waals surface area contributed by atoms with Crippen LogP contribution in [0.15, 0.2) is 60.7 Å². The number of methoxy groups -OCH3 is 1. The highest BCUT2D eigenvalue weighted by molar-refractivity contribution is 6.31. The van der Waals surface area contributed by atoms with E-state index in [2.05, 4.69) is 53.4 Å². The van der Waals surface area contributed by atoms with Gasteiger partial charge in [0.05, 0.1) is 41.0 Å². The topological polar surface area (TPSA) is 82.5 Å². The van der Waals surface area contributed by atoms with E-state index in [1.165, 1.54) is 12.5 Å². The minimum absolute atomic E-state index is 0.132. The van der Waals surface area contributed by atoms with Crippen LogP contribution in [0.5, 0.6) is 5.75 Å². The van der Waals surface area contributed by atoms with Crippen molar-refractivity contribution in [3.63, 3.8) is 0 Å². The highest BCUT2D eigenvalue weighted by atomic mass is 35.5. The fraction of sp³-hybridized carbons (Fsp3) is 0.450. The van der Waals surface area contributed by atoms with Crippen molar-refractivity contribution >= 4 is 50.0 Å². The van der Waals surface area contributed by atoms with Gasteiger partial charge in [-0.25, -0.2) is 9.97 Å². The zero-order valence-electron chi connectivity index (χ0n) is 30.7. The van der Waals surface area contributed by atoms with Crippen LogP contribution in [-0.2, 0) is 12.4 Å². The van der Waals surface area contributed by atoms with Crippen LogP contribution >= 0.6 is 11.6 Å². The van der Waals surface area contributed by atoms with E-state index in [1.54, 1.807) is 7.11 Å². The summed E-state index contributed by atoms with van der Waals surface area (Å²) in [4.78, 5) is 10.5. The average molecular weight is 778 g/mol. The Morgan fingerprint density at radius 2 is 1.69 bits per heavy atom. The number of rotatable bonds is 11. The molecule has 1 saturated heterocycles. The van der Waals surface area contributed by atoms with Crippen LogP contribution < -0.4 is 15.4 Å². The molecule has 0 saturated carbocycles. The summed E-state index contributed by atoms with van der Waals surface area (Å²) in [5.41, 5.74) is -0.771. The molecule has 3 N–H and O–H groups in total. The normalized spacial score (nSPS) is 16.4. The van der Waals surface area contributed by atoms with Crippen molar-refractivity contribution in [3.8, 4) is 5.75 Å². The highest BCUT2D eigenvalue weighted by Gasteiger charge is 2.38. The fourth-order valence-corrected chi connectivity index (χ4v) is 7.08. The number of anilines is 1. The third-order valence-electron chi connectivity index (χ3n) is 9.86. The lowest BCUT2D eigenvalue weighted by molar-refractivity contribution is -0.142. The molecule has 54 heavy (non-hydrogen) atoms. The van der Waals surface area contributed by atoms with E-state index in [0.717, 1.165) is 78.2 Å². The number of para-hydroxylation sites is 1. The van der Waals surface area contributed by atoms with Gasteiger partial charge in [-0.2, -0.15) is 26.3 Å². The minimum atomic E-state index is -4.93. The summed E-state index contributed by atoms with van der Waals surface area (Å²) in [6.07, 6.45) is -6.71. The van der Waals surface area contributed by atoms with Gasteiger partial charge in [0.25, 0.3) is 0 Å².